The van der Waals surface area contributed by atoms with Crippen LogP contribution < -0.4 is 4.74 Å². The molecule has 27 heavy (non-hydrogen) atoms. The van der Waals surface area contributed by atoms with E-state index in [1.54, 1.807) is 18.3 Å². The number of piperidine rings is 1. The topological polar surface area (TPSA) is 97.4 Å². The Morgan fingerprint density at radius 3 is 3.11 bits per heavy atom. The van der Waals surface area contributed by atoms with Gasteiger partial charge in [0, 0.05) is 31.1 Å². The van der Waals surface area contributed by atoms with Crippen molar-refractivity contribution in [1.29, 1.82) is 0 Å². The molecule has 142 valence electrons. The zero-order valence-electron chi connectivity index (χ0n) is 15.4. The van der Waals surface area contributed by atoms with Gasteiger partial charge < -0.3 is 18.6 Å². The maximum atomic E-state index is 12.8. The molecule has 0 aliphatic carbocycles. The van der Waals surface area contributed by atoms with E-state index in [2.05, 4.69) is 15.4 Å². The molecule has 4 heterocycles. The smallest absolute Gasteiger partial charge is 0.289 e. The number of hydrogen-bond acceptors (Lipinski definition) is 6. The van der Waals surface area contributed by atoms with Crippen molar-refractivity contribution in [2.24, 2.45) is 0 Å². The van der Waals surface area contributed by atoms with Crippen molar-refractivity contribution in [2.75, 3.05) is 19.7 Å². The minimum atomic E-state index is -0.123. The first-order valence-corrected chi connectivity index (χ1v) is 9.14. The largest absolute Gasteiger partial charge is 0.465 e. The number of rotatable bonds is 5. The molecular weight excluding hydrogens is 348 g/mol. The number of H-pyrrole nitrogens is 1. The number of ether oxygens (including phenoxy) is 1. The first-order chi connectivity index (χ1) is 13.2. The summed E-state index contributed by atoms with van der Waals surface area (Å²) in [7, 11) is 0. The van der Waals surface area contributed by atoms with Gasteiger partial charge in [0.05, 0.1) is 29.8 Å². The van der Waals surface area contributed by atoms with Crippen molar-refractivity contribution in [1.82, 2.24) is 20.3 Å². The summed E-state index contributed by atoms with van der Waals surface area (Å²) in [6.07, 6.45) is 3.62. The minimum absolute atomic E-state index is 0.123. The van der Waals surface area contributed by atoms with Crippen molar-refractivity contribution in [3.63, 3.8) is 0 Å². The lowest BCUT2D eigenvalue weighted by molar-refractivity contribution is 0.0666. The summed E-state index contributed by atoms with van der Waals surface area (Å²) < 4.78 is 16.2. The molecule has 4 rings (SSSR count). The molecule has 0 aromatic carbocycles. The Morgan fingerprint density at radius 1 is 1.44 bits per heavy atom. The number of likely N-dealkylation sites (tertiary alicyclic amines) is 1. The number of hydrogen-bond donors (Lipinski definition) is 1. The minimum Gasteiger partial charge on any atom is -0.465 e. The van der Waals surface area contributed by atoms with E-state index >= 15 is 0 Å². The van der Waals surface area contributed by atoms with E-state index in [-0.39, 0.29) is 11.8 Å². The number of aryl methyl sites for hydroxylation is 1. The molecular formula is C19H22N4O4. The van der Waals surface area contributed by atoms with Gasteiger partial charge in [0.2, 0.25) is 0 Å². The van der Waals surface area contributed by atoms with Crippen LogP contribution in [0.1, 0.15) is 47.6 Å². The standard InChI is InChI=1S/C19H22N4O4/c1-3-25-17-7-6-15(26-17)19(24)23-8-4-5-13(11-23)18-14(10-20-21-18)16-9-12(2)22-27-16/h6-7,9-10,13H,3-5,8,11H2,1-2H3,(H,20,21)/t13-/m0/s1. The van der Waals surface area contributed by atoms with Gasteiger partial charge in [-0.1, -0.05) is 5.16 Å². The quantitative estimate of drug-likeness (QED) is 0.739. The third-order valence-corrected chi connectivity index (χ3v) is 4.76. The van der Waals surface area contributed by atoms with E-state index < -0.39 is 0 Å². The Labute approximate surface area is 156 Å². The maximum Gasteiger partial charge on any atom is 0.289 e. The van der Waals surface area contributed by atoms with E-state index in [0.717, 1.165) is 29.8 Å². The molecule has 3 aromatic heterocycles. The summed E-state index contributed by atoms with van der Waals surface area (Å²) in [4.78, 5) is 14.6. The maximum absolute atomic E-state index is 12.8. The molecule has 0 unspecified atom stereocenters. The van der Waals surface area contributed by atoms with Gasteiger partial charge in [-0.3, -0.25) is 9.89 Å². The molecule has 0 saturated carbocycles. The predicted molar refractivity (Wildman–Crippen MR) is 96.6 cm³/mol. The number of carbonyl (C=O) groups excluding carboxylic acids is 1. The Bertz CT molecular complexity index is 926. The van der Waals surface area contributed by atoms with Gasteiger partial charge in [0.1, 0.15) is 0 Å². The Morgan fingerprint density at radius 2 is 2.33 bits per heavy atom. The van der Waals surface area contributed by atoms with Crippen LogP contribution in [0.3, 0.4) is 0 Å². The van der Waals surface area contributed by atoms with Crippen LogP contribution in [-0.4, -0.2) is 45.9 Å². The van der Waals surface area contributed by atoms with Gasteiger partial charge >= 0.3 is 0 Å². The first kappa shape index (κ1) is 17.4. The highest BCUT2D eigenvalue weighted by Crippen LogP contribution is 2.34. The molecule has 0 radical (unpaired) electrons. The lowest BCUT2D eigenvalue weighted by Gasteiger charge is -2.32. The highest BCUT2D eigenvalue weighted by atomic mass is 16.6. The summed E-state index contributed by atoms with van der Waals surface area (Å²) in [5, 5.41) is 11.2. The Kier molecular flexibility index (Phi) is 4.70. The van der Waals surface area contributed by atoms with Crippen molar-refractivity contribution in [2.45, 2.75) is 32.6 Å². The van der Waals surface area contributed by atoms with E-state index in [1.807, 2.05) is 24.8 Å². The van der Waals surface area contributed by atoms with Crippen molar-refractivity contribution in [3.8, 4) is 17.3 Å². The van der Waals surface area contributed by atoms with Crippen molar-refractivity contribution < 1.29 is 18.5 Å². The third kappa shape index (κ3) is 3.47. The van der Waals surface area contributed by atoms with Crippen LogP contribution in [0.2, 0.25) is 0 Å². The Hall–Kier alpha value is -3.03. The van der Waals surface area contributed by atoms with E-state index in [9.17, 15) is 4.79 Å². The van der Waals surface area contributed by atoms with E-state index in [4.69, 9.17) is 13.7 Å². The summed E-state index contributed by atoms with van der Waals surface area (Å²) in [6, 6.07) is 5.23. The average Bonchev–Trinajstić information content (AvgIpc) is 3.41. The number of aromatic nitrogens is 3. The van der Waals surface area contributed by atoms with E-state index in [0.29, 0.717) is 37.2 Å². The van der Waals surface area contributed by atoms with Crippen LogP contribution in [0.25, 0.3) is 11.3 Å². The van der Waals surface area contributed by atoms with Crippen LogP contribution in [0.4, 0.5) is 0 Å². The second-order valence-corrected chi connectivity index (χ2v) is 6.67. The van der Waals surface area contributed by atoms with Crippen LogP contribution >= 0.6 is 0 Å². The summed E-state index contributed by atoms with van der Waals surface area (Å²) in [6.45, 7) is 5.54. The second-order valence-electron chi connectivity index (χ2n) is 6.67. The van der Waals surface area contributed by atoms with Gasteiger partial charge in [-0.25, -0.2) is 0 Å². The van der Waals surface area contributed by atoms with Gasteiger partial charge in [-0.05, 0) is 32.8 Å². The number of amides is 1. The normalized spacial score (nSPS) is 17.3. The second kappa shape index (κ2) is 7.30. The zero-order chi connectivity index (χ0) is 18.8. The molecule has 8 nitrogen and oxygen atoms in total. The highest BCUT2D eigenvalue weighted by Gasteiger charge is 2.30. The average molecular weight is 370 g/mol. The molecule has 1 N–H and O–H groups in total. The molecule has 1 atom stereocenters. The lowest BCUT2D eigenvalue weighted by atomic mass is 9.92. The highest BCUT2D eigenvalue weighted by molar-refractivity contribution is 5.91. The van der Waals surface area contributed by atoms with Gasteiger partial charge in [-0.15, -0.1) is 0 Å². The van der Waals surface area contributed by atoms with Crippen molar-refractivity contribution >= 4 is 5.91 Å². The fourth-order valence-corrected chi connectivity index (χ4v) is 3.50. The molecule has 1 saturated heterocycles. The number of nitrogens with zero attached hydrogens (tertiary/aromatic N) is 3. The zero-order valence-corrected chi connectivity index (χ0v) is 15.4. The fourth-order valence-electron chi connectivity index (χ4n) is 3.50. The molecule has 8 heteroatoms. The summed E-state index contributed by atoms with van der Waals surface area (Å²) >= 11 is 0. The number of aromatic amines is 1. The predicted octanol–water partition coefficient (Wildman–Crippen LogP) is 3.38. The Balaban J connectivity index is 1.52. The van der Waals surface area contributed by atoms with E-state index in [1.165, 1.54) is 0 Å². The lowest BCUT2D eigenvalue weighted by Crippen LogP contribution is -2.39. The SMILES string of the molecule is CCOc1ccc(C(=O)N2CCC[C@H](c3[nH]ncc3-c3cc(C)no3)C2)o1. The first-order valence-electron chi connectivity index (χ1n) is 9.14. The molecule has 0 bridgehead atoms. The van der Waals surface area contributed by atoms with Crippen molar-refractivity contribution in [3.05, 3.63) is 41.5 Å². The third-order valence-electron chi connectivity index (χ3n) is 4.76. The van der Waals surface area contributed by atoms with Gasteiger partial charge in [0.25, 0.3) is 11.9 Å². The number of carbonyl (C=O) groups is 1. The molecule has 0 spiro atoms. The monoisotopic (exact) mass is 370 g/mol. The molecule has 1 aliphatic heterocycles. The molecule has 3 aromatic rings. The number of furan rings is 1. The number of nitrogens with one attached hydrogen (secondary N) is 1. The summed E-state index contributed by atoms with van der Waals surface area (Å²) in [5.41, 5.74) is 2.69. The molecule has 1 amide bonds. The van der Waals surface area contributed by atoms with Crippen LogP contribution in [0, 0.1) is 6.92 Å². The van der Waals surface area contributed by atoms with Gasteiger partial charge in [0.15, 0.2) is 11.5 Å². The molecule has 1 fully saturated rings. The van der Waals surface area contributed by atoms with Crippen LogP contribution in [0.5, 0.6) is 5.95 Å². The fraction of sp³-hybridized carbons (Fsp3) is 0.421. The van der Waals surface area contributed by atoms with Crippen LogP contribution in [0.15, 0.2) is 33.3 Å². The molecule has 1 aliphatic rings. The summed E-state index contributed by atoms with van der Waals surface area (Å²) in [5.74, 6) is 1.38. The van der Waals surface area contributed by atoms with Crippen LogP contribution in [-0.2, 0) is 0 Å². The van der Waals surface area contributed by atoms with Gasteiger partial charge in [-0.2, -0.15) is 5.10 Å².